The van der Waals surface area contributed by atoms with Gasteiger partial charge in [-0.05, 0) is 42.4 Å². The molecule has 162 valence electrons. The highest BCUT2D eigenvalue weighted by atomic mass is 35.5. The van der Waals surface area contributed by atoms with E-state index in [4.69, 9.17) is 35.4 Å². The van der Waals surface area contributed by atoms with Gasteiger partial charge in [-0.2, -0.15) is 0 Å². The minimum atomic E-state index is -4.40. The third-order valence-electron chi connectivity index (χ3n) is 4.29. The molecule has 0 bridgehead atoms. The first-order valence-corrected chi connectivity index (χ1v) is 13.4. The van der Waals surface area contributed by atoms with Gasteiger partial charge in [0.2, 0.25) is 5.88 Å². The van der Waals surface area contributed by atoms with Gasteiger partial charge in [-0.3, -0.25) is 9.13 Å². The number of fused-ring (bicyclic) bond motifs is 1. The number of hydrogen-bond donors (Lipinski definition) is 3. The lowest BCUT2D eigenvalue weighted by Gasteiger charge is -2.20. The Morgan fingerprint density at radius 2 is 2.00 bits per heavy atom. The third kappa shape index (κ3) is 5.16. The van der Waals surface area contributed by atoms with Crippen LogP contribution in [0.1, 0.15) is 24.6 Å². The molecule has 6 nitrogen and oxygen atoms in total. The number of aromatic hydroxyl groups is 1. The summed E-state index contributed by atoms with van der Waals surface area (Å²) in [5.41, 5.74) is 1.44. The van der Waals surface area contributed by atoms with Crippen molar-refractivity contribution in [1.82, 2.24) is 4.57 Å². The zero-order valence-corrected chi connectivity index (χ0v) is 20.7. The van der Waals surface area contributed by atoms with Crippen LogP contribution in [-0.2, 0) is 10.9 Å². The minimum Gasteiger partial charge on any atom is -0.493 e. The predicted octanol–water partition coefficient (Wildman–Crippen LogP) is 6.69. The van der Waals surface area contributed by atoms with E-state index in [1.165, 1.54) is 11.8 Å². The smallest absolute Gasteiger partial charge is 0.345 e. The molecule has 30 heavy (non-hydrogen) atoms. The first-order chi connectivity index (χ1) is 14.0. The van der Waals surface area contributed by atoms with Crippen molar-refractivity contribution in [3.63, 3.8) is 0 Å². The molecule has 1 aliphatic rings. The Morgan fingerprint density at radius 1 is 1.33 bits per heavy atom. The van der Waals surface area contributed by atoms with Crippen molar-refractivity contribution >= 4 is 77.4 Å². The van der Waals surface area contributed by atoms with Crippen LogP contribution in [0.25, 0.3) is 5.57 Å². The van der Waals surface area contributed by atoms with Gasteiger partial charge < -0.3 is 19.8 Å². The quantitative estimate of drug-likeness (QED) is 0.274. The van der Waals surface area contributed by atoms with E-state index in [-0.39, 0.29) is 9.83 Å². The maximum atomic E-state index is 11.3. The van der Waals surface area contributed by atoms with Gasteiger partial charge in [0.25, 0.3) is 0 Å². The van der Waals surface area contributed by atoms with Crippen molar-refractivity contribution in [2.24, 2.45) is 0 Å². The molecule has 0 aliphatic carbocycles. The summed E-state index contributed by atoms with van der Waals surface area (Å²) in [5, 5.41) is 12.3. The summed E-state index contributed by atoms with van der Waals surface area (Å²) in [6.45, 7) is 6.92. The molecule has 0 spiro atoms. The van der Waals surface area contributed by atoms with Crippen molar-refractivity contribution in [2.45, 2.75) is 30.9 Å². The molecule has 12 heteroatoms. The number of benzene rings is 1. The largest absolute Gasteiger partial charge is 0.493 e. The zero-order valence-electron chi connectivity index (χ0n) is 15.8. The number of nitrogens with zero attached hydrogens (tertiary/aromatic N) is 2. The number of unbranched alkanes of at least 4 members (excludes halogenated alkanes) is 1. The van der Waals surface area contributed by atoms with Crippen LogP contribution in [0.15, 0.2) is 34.7 Å². The van der Waals surface area contributed by atoms with Crippen LogP contribution in [0, 0.1) is 3.95 Å². The van der Waals surface area contributed by atoms with Crippen molar-refractivity contribution < 1.29 is 19.5 Å². The van der Waals surface area contributed by atoms with Crippen LogP contribution in [0.3, 0.4) is 0 Å². The first kappa shape index (κ1) is 23.9. The summed E-state index contributed by atoms with van der Waals surface area (Å²) >= 11 is 20.1. The highest BCUT2D eigenvalue weighted by molar-refractivity contribution is 8.03. The Hall–Kier alpha value is -0.770. The predicted molar refractivity (Wildman–Crippen MR) is 129 cm³/mol. The monoisotopic (exact) mass is 524 g/mol. The van der Waals surface area contributed by atoms with E-state index in [1.807, 2.05) is 18.2 Å². The summed E-state index contributed by atoms with van der Waals surface area (Å²) in [7, 11) is -4.40. The maximum absolute atomic E-state index is 11.3. The first-order valence-electron chi connectivity index (χ1n) is 8.84. The average molecular weight is 525 g/mol. The van der Waals surface area contributed by atoms with Gasteiger partial charge in [-0.1, -0.05) is 54.9 Å². The van der Waals surface area contributed by atoms with Crippen LogP contribution in [0.5, 0.6) is 5.88 Å². The van der Waals surface area contributed by atoms with E-state index in [0.29, 0.717) is 20.5 Å². The Balaban J connectivity index is 1.97. The maximum Gasteiger partial charge on any atom is 0.345 e. The number of anilines is 1. The second kappa shape index (κ2) is 9.38. The number of thioether (sulfide) groups is 1. The third-order valence-corrected chi connectivity index (χ3v) is 8.27. The molecule has 0 radical (unpaired) electrons. The fourth-order valence-electron chi connectivity index (χ4n) is 2.88. The van der Waals surface area contributed by atoms with E-state index in [1.54, 1.807) is 0 Å². The SMILES string of the molecule is C=C(C=C1Sc2cc(Cl)c(Cl)cc2N1CCCC)c1sc(=S)n(CP(=O)(O)O)c1O. The zero-order chi connectivity index (χ0) is 22.2. The van der Waals surface area contributed by atoms with E-state index in [0.717, 1.165) is 50.9 Å². The number of hydrogen-bond acceptors (Lipinski definition) is 6. The summed E-state index contributed by atoms with van der Waals surface area (Å²) in [6, 6.07) is 3.66. The molecule has 0 fully saturated rings. The van der Waals surface area contributed by atoms with E-state index in [2.05, 4.69) is 18.4 Å². The summed E-state index contributed by atoms with van der Waals surface area (Å²) in [6.07, 6.45) is 3.12. The molecule has 0 saturated heterocycles. The van der Waals surface area contributed by atoms with Crippen LogP contribution < -0.4 is 4.90 Å². The Labute approximate surface area is 197 Å². The normalized spacial score (nSPS) is 15.1. The van der Waals surface area contributed by atoms with Gasteiger partial charge in [0.05, 0.1) is 25.6 Å². The summed E-state index contributed by atoms with van der Waals surface area (Å²) < 4.78 is 12.5. The number of allylic oxidation sites excluding steroid dienone is 2. The highest BCUT2D eigenvalue weighted by Crippen LogP contribution is 2.50. The molecule has 3 N–H and O–H groups in total. The molecule has 2 heterocycles. The van der Waals surface area contributed by atoms with Gasteiger partial charge in [0.15, 0.2) is 3.95 Å². The van der Waals surface area contributed by atoms with Crippen LogP contribution in [0.4, 0.5) is 5.69 Å². The van der Waals surface area contributed by atoms with Gasteiger partial charge >= 0.3 is 7.60 Å². The number of thiazole rings is 1. The standard InChI is InChI=1S/C18H19Cl2N2O4PS3/c1-3-4-5-21-13-7-11(19)12(20)8-14(13)29-15(21)6-10(2)16-17(23)22(18(28)30-16)9-27(24,25)26/h6-8,23H,2-5,9H2,1H3,(H2,24,25,26). The molecule has 0 unspecified atom stereocenters. The lowest BCUT2D eigenvalue weighted by Crippen LogP contribution is -2.19. The van der Waals surface area contributed by atoms with Gasteiger partial charge in [0, 0.05) is 11.4 Å². The van der Waals surface area contributed by atoms with Crippen molar-refractivity contribution in [3.8, 4) is 5.88 Å². The fourth-order valence-corrected chi connectivity index (χ4v) is 6.51. The highest BCUT2D eigenvalue weighted by Gasteiger charge is 2.27. The van der Waals surface area contributed by atoms with Gasteiger partial charge in [-0.15, -0.1) is 11.3 Å². The molecular formula is C18H19Cl2N2O4PS3. The Kier molecular flexibility index (Phi) is 7.47. The molecule has 1 aliphatic heterocycles. The Morgan fingerprint density at radius 3 is 2.63 bits per heavy atom. The fraction of sp³-hybridized carbons (Fsp3) is 0.278. The molecule has 2 aromatic rings. The average Bonchev–Trinajstić information content (AvgIpc) is 3.10. The molecular weight excluding hydrogens is 506 g/mol. The van der Waals surface area contributed by atoms with Crippen LogP contribution in [0.2, 0.25) is 10.0 Å². The molecule has 1 aromatic carbocycles. The second-order valence-electron chi connectivity index (χ2n) is 6.60. The van der Waals surface area contributed by atoms with E-state index >= 15 is 0 Å². The number of aromatic nitrogens is 1. The van der Waals surface area contributed by atoms with Gasteiger partial charge in [0.1, 0.15) is 6.29 Å². The van der Waals surface area contributed by atoms with Crippen molar-refractivity contribution in [2.75, 3.05) is 11.4 Å². The lowest BCUT2D eigenvalue weighted by atomic mass is 10.2. The molecule has 0 saturated carbocycles. The topological polar surface area (TPSA) is 85.9 Å². The lowest BCUT2D eigenvalue weighted by molar-refractivity contribution is 0.352. The number of halogens is 2. The van der Waals surface area contributed by atoms with Crippen molar-refractivity contribution in [1.29, 1.82) is 0 Å². The van der Waals surface area contributed by atoms with Crippen LogP contribution in [-0.4, -0.2) is 26.0 Å². The molecule has 3 rings (SSSR count). The Bertz CT molecular complexity index is 1140. The van der Waals surface area contributed by atoms with Gasteiger partial charge in [-0.25, -0.2) is 0 Å². The number of rotatable bonds is 7. The second-order valence-corrected chi connectivity index (χ2v) is 11.7. The molecule has 1 aromatic heterocycles. The van der Waals surface area contributed by atoms with Crippen LogP contribution >= 0.6 is 66.1 Å². The summed E-state index contributed by atoms with van der Waals surface area (Å²) in [4.78, 5) is 21.9. The minimum absolute atomic E-state index is 0.161. The van der Waals surface area contributed by atoms with E-state index in [9.17, 15) is 19.5 Å². The summed E-state index contributed by atoms with van der Waals surface area (Å²) in [5.74, 6) is -0.304. The molecule has 0 amide bonds. The van der Waals surface area contributed by atoms with E-state index < -0.39 is 13.9 Å². The van der Waals surface area contributed by atoms with Crippen molar-refractivity contribution in [3.05, 3.63) is 48.7 Å². The molecule has 0 atom stereocenters.